The Labute approximate surface area is 126 Å². The molecule has 2 rings (SSSR count). The lowest BCUT2D eigenvalue weighted by Crippen LogP contribution is -2.47. The van der Waals surface area contributed by atoms with E-state index in [1.807, 2.05) is 6.26 Å². The summed E-state index contributed by atoms with van der Waals surface area (Å²) in [4.78, 5) is 5.64. The Morgan fingerprint density at radius 3 is 2.95 bits per heavy atom. The van der Waals surface area contributed by atoms with Crippen LogP contribution in [-0.2, 0) is 4.74 Å². The molecule has 112 valence electrons. The average molecular weight is 320 g/mol. The molecule has 2 aliphatic heterocycles. The molecule has 0 amide bonds. The van der Waals surface area contributed by atoms with Gasteiger partial charge >= 0.3 is 0 Å². The largest absolute Gasteiger partial charge is 0.393 e. The van der Waals surface area contributed by atoms with E-state index in [-0.39, 0.29) is 6.61 Å². The number of halogens is 1. The molecule has 4 atom stereocenters. The minimum Gasteiger partial charge on any atom is -0.393 e. The predicted octanol–water partition coefficient (Wildman–Crippen LogP) is 0.0628. The second-order valence-electron chi connectivity index (χ2n) is 4.73. The first kappa shape index (κ1) is 15.7. The van der Waals surface area contributed by atoms with Crippen molar-refractivity contribution in [1.29, 1.82) is 0 Å². The molecule has 0 aromatic heterocycles. The number of rotatable bonds is 4. The Morgan fingerprint density at radius 1 is 1.70 bits per heavy atom. The molecule has 0 spiro atoms. The highest BCUT2D eigenvalue weighted by molar-refractivity contribution is 7.98. The number of aliphatic hydroxyl groups excluding tert-OH is 2. The second-order valence-corrected chi connectivity index (χ2v) is 6.10. The summed E-state index contributed by atoms with van der Waals surface area (Å²) < 4.78 is 5.86. The lowest BCUT2D eigenvalue weighted by molar-refractivity contribution is -0.119. The number of nitrogens with zero attached hydrogens (tertiary/aromatic N) is 2. The van der Waals surface area contributed by atoms with Crippen molar-refractivity contribution in [1.82, 2.24) is 4.90 Å². The number of alkyl halides is 1. The molecule has 2 aliphatic rings. The quantitative estimate of drug-likeness (QED) is 0.635. The van der Waals surface area contributed by atoms with Crippen molar-refractivity contribution in [2.45, 2.75) is 23.3 Å². The van der Waals surface area contributed by atoms with Crippen LogP contribution in [0.25, 0.3) is 0 Å². The number of aliphatic hydroxyl groups is 2. The Kier molecular flexibility index (Phi) is 4.66. The number of amidine groups is 1. The van der Waals surface area contributed by atoms with Gasteiger partial charge in [0.2, 0.25) is 0 Å². The van der Waals surface area contributed by atoms with Gasteiger partial charge in [-0.1, -0.05) is 6.58 Å². The lowest BCUT2D eigenvalue weighted by Gasteiger charge is -2.32. The summed E-state index contributed by atoms with van der Waals surface area (Å²) in [5, 5.41) is 19.2. The first-order valence-electron chi connectivity index (χ1n) is 6.04. The highest BCUT2D eigenvalue weighted by Gasteiger charge is 2.55. The van der Waals surface area contributed by atoms with Crippen LogP contribution in [0.1, 0.15) is 0 Å². The topological polar surface area (TPSA) is 91.3 Å². The van der Waals surface area contributed by atoms with Crippen molar-refractivity contribution < 1.29 is 14.9 Å². The summed E-state index contributed by atoms with van der Waals surface area (Å²) in [6, 6.07) is 0. The SMILES string of the molecule is C=C1N=C(N)C=CN1[C@@H]1O[C@@](CO)(CSC)[C@@H](O)[C@H]1Cl. The van der Waals surface area contributed by atoms with Gasteiger partial charge in [0.1, 0.15) is 28.7 Å². The van der Waals surface area contributed by atoms with Crippen molar-refractivity contribution in [2.24, 2.45) is 10.7 Å². The maximum atomic E-state index is 10.3. The van der Waals surface area contributed by atoms with Gasteiger partial charge in [-0.05, 0) is 12.3 Å². The van der Waals surface area contributed by atoms with Crippen LogP contribution < -0.4 is 5.73 Å². The molecule has 8 heteroatoms. The Bertz CT molecular complexity index is 459. The third-order valence-corrected chi connectivity index (χ3v) is 4.59. The average Bonchev–Trinajstić information content (AvgIpc) is 2.65. The van der Waals surface area contributed by atoms with Gasteiger partial charge in [0.15, 0.2) is 6.23 Å². The van der Waals surface area contributed by atoms with E-state index in [1.165, 1.54) is 11.8 Å². The van der Waals surface area contributed by atoms with Crippen molar-refractivity contribution in [2.75, 3.05) is 18.6 Å². The summed E-state index contributed by atoms with van der Waals surface area (Å²) in [7, 11) is 0. The van der Waals surface area contributed by atoms with Gasteiger partial charge < -0.3 is 25.6 Å². The molecule has 20 heavy (non-hydrogen) atoms. The Balaban J connectivity index is 2.23. The molecule has 0 aromatic carbocycles. The van der Waals surface area contributed by atoms with E-state index in [0.29, 0.717) is 17.4 Å². The number of hydrogen-bond donors (Lipinski definition) is 3. The van der Waals surface area contributed by atoms with Crippen LogP contribution in [0.3, 0.4) is 0 Å². The molecule has 6 nitrogen and oxygen atoms in total. The Morgan fingerprint density at radius 2 is 2.40 bits per heavy atom. The van der Waals surface area contributed by atoms with Gasteiger partial charge in [-0.15, -0.1) is 11.6 Å². The van der Waals surface area contributed by atoms with E-state index in [9.17, 15) is 10.2 Å². The standard InChI is InChI=1S/C12H18ClN3O3S/c1-7-15-8(14)3-4-16(7)11-9(13)10(18)12(5-17,19-11)6-20-2/h3-4,9-11,17-18H,1,5-6H2,2H3,(H2,14,15)/t9-,10+,11-,12+/m1/s1. The molecule has 2 heterocycles. The van der Waals surface area contributed by atoms with E-state index in [0.717, 1.165) is 0 Å². The number of thioether (sulfide) groups is 1. The molecule has 0 aliphatic carbocycles. The van der Waals surface area contributed by atoms with Gasteiger partial charge in [0.05, 0.1) is 6.61 Å². The minimum atomic E-state index is -1.09. The smallest absolute Gasteiger partial charge is 0.155 e. The zero-order valence-electron chi connectivity index (χ0n) is 11.1. The van der Waals surface area contributed by atoms with E-state index in [4.69, 9.17) is 22.1 Å². The number of hydrogen-bond acceptors (Lipinski definition) is 7. The van der Waals surface area contributed by atoms with Gasteiger partial charge in [-0.25, -0.2) is 4.99 Å². The molecule has 0 aromatic rings. The number of ether oxygens (including phenoxy) is 1. The maximum Gasteiger partial charge on any atom is 0.155 e. The van der Waals surface area contributed by atoms with Crippen LogP contribution in [0.15, 0.2) is 29.7 Å². The normalized spacial score (nSPS) is 37.4. The molecule has 0 bridgehead atoms. The van der Waals surface area contributed by atoms with Crippen LogP contribution >= 0.6 is 23.4 Å². The van der Waals surface area contributed by atoms with Crippen LogP contribution in [0.2, 0.25) is 0 Å². The molecular weight excluding hydrogens is 302 g/mol. The summed E-state index contributed by atoms with van der Waals surface area (Å²) in [6.45, 7) is 3.47. The molecule has 0 saturated carbocycles. The predicted molar refractivity (Wildman–Crippen MR) is 80.5 cm³/mol. The monoisotopic (exact) mass is 319 g/mol. The fourth-order valence-corrected chi connectivity index (χ4v) is 3.51. The first-order valence-corrected chi connectivity index (χ1v) is 7.87. The van der Waals surface area contributed by atoms with Crippen LogP contribution in [0.5, 0.6) is 0 Å². The lowest BCUT2D eigenvalue weighted by atomic mass is 10.00. The van der Waals surface area contributed by atoms with Crippen LogP contribution in [0.4, 0.5) is 0 Å². The van der Waals surface area contributed by atoms with Gasteiger partial charge in [-0.2, -0.15) is 11.8 Å². The van der Waals surface area contributed by atoms with Crippen LogP contribution in [0, 0.1) is 0 Å². The maximum absolute atomic E-state index is 10.3. The van der Waals surface area contributed by atoms with Gasteiger partial charge in [-0.3, -0.25) is 0 Å². The minimum absolute atomic E-state index is 0.315. The summed E-state index contributed by atoms with van der Waals surface area (Å²) in [5.74, 6) is 1.15. The molecule has 4 N–H and O–H groups in total. The first-order chi connectivity index (χ1) is 9.45. The molecule has 0 unspecified atom stereocenters. The van der Waals surface area contributed by atoms with E-state index >= 15 is 0 Å². The summed E-state index contributed by atoms with van der Waals surface area (Å²) in [6.07, 6.45) is 3.47. The van der Waals surface area contributed by atoms with Gasteiger partial charge in [0, 0.05) is 12.0 Å². The molecule has 0 radical (unpaired) electrons. The molecule has 1 saturated heterocycles. The summed E-state index contributed by atoms with van der Waals surface area (Å²) in [5.41, 5.74) is 4.50. The third kappa shape index (κ3) is 2.56. The van der Waals surface area contributed by atoms with Gasteiger partial charge in [0.25, 0.3) is 0 Å². The van der Waals surface area contributed by atoms with Crippen molar-refractivity contribution >= 4 is 29.2 Å². The van der Waals surface area contributed by atoms with Crippen LogP contribution in [-0.4, -0.2) is 62.9 Å². The molecular formula is C12H18ClN3O3S. The summed E-state index contributed by atoms with van der Waals surface area (Å²) >= 11 is 7.74. The third-order valence-electron chi connectivity index (χ3n) is 3.36. The van der Waals surface area contributed by atoms with E-state index < -0.39 is 23.3 Å². The zero-order chi connectivity index (χ0) is 14.9. The second kappa shape index (κ2) is 5.95. The van der Waals surface area contributed by atoms with Crippen molar-refractivity contribution in [3.05, 3.63) is 24.7 Å². The molecule has 1 fully saturated rings. The number of nitrogens with two attached hydrogens (primary N) is 1. The fourth-order valence-electron chi connectivity index (χ4n) is 2.29. The number of aliphatic imine (C=N–C) groups is 1. The highest BCUT2D eigenvalue weighted by atomic mass is 35.5. The van der Waals surface area contributed by atoms with E-state index in [2.05, 4.69) is 11.6 Å². The van der Waals surface area contributed by atoms with Crippen molar-refractivity contribution in [3.8, 4) is 0 Å². The fraction of sp³-hybridized carbons (Fsp3) is 0.583. The van der Waals surface area contributed by atoms with Crippen molar-refractivity contribution in [3.63, 3.8) is 0 Å². The Hall–Kier alpha value is -0.730. The van der Waals surface area contributed by atoms with E-state index in [1.54, 1.807) is 17.2 Å². The highest BCUT2D eigenvalue weighted by Crippen LogP contribution is 2.39. The zero-order valence-corrected chi connectivity index (χ0v) is 12.6.